The summed E-state index contributed by atoms with van der Waals surface area (Å²) in [6.07, 6.45) is 4.96. The average molecular weight is 722 g/mol. The Labute approximate surface area is 291 Å². The lowest BCUT2D eigenvalue weighted by Gasteiger charge is -2.41. The molecule has 3 N–H and O–H groups in total. The number of rotatable bonds is 5. The molecule has 2 aliphatic heterocycles. The van der Waals surface area contributed by atoms with Gasteiger partial charge in [-0.3, -0.25) is 14.2 Å². The van der Waals surface area contributed by atoms with Crippen molar-refractivity contribution in [2.75, 3.05) is 30.3 Å². The Morgan fingerprint density at radius 1 is 1.17 bits per heavy atom. The van der Waals surface area contributed by atoms with Gasteiger partial charge in [0.15, 0.2) is 0 Å². The third kappa shape index (κ3) is 5.50. The molecule has 0 radical (unpaired) electrons. The lowest BCUT2D eigenvalue weighted by Crippen LogP contribution is -2.54. The van der Waals surface area contributed by atoms with E-state index in [-0.39, 0.29) is 77.2 Å². The molecule has 14 heteroatoms. The summed E-state index contributed by atoms with van der Waals surface area (Å²) >= 11 is 33.0. The molecule has 2 aromatic heterocycles. The van der Waals surface area contributed by atoms with Crippen LogP contribution in [0.5, 0.6) is 0 Å². The van der Waals surface area contributed by atoms with E-state index >= 15 is 0 Å². The van der Waals surface area contributed by atoms with Gasteiger partial charge in [0.05, 0.1) is 53.9 Å². The lowest BCUT2D eigenvalue weighted by atomic mass is 9.94. The van der Waals surface area contributed by atoms with E-state index in [0.717, 1.165) is 5.57 Å². The molecule has 9 nitrogen and oxygen atoms in total. The Balaban J connectivity index is 1.91. The molecule has 3 aromatic rings. The fraction of sp³-hybridized carbons (Fsp3) is 0.312. The summed E-state index contributed by atoms with van der Waals surface area (Å²) in [6, 6.07) is 3.25. The number of fused-ring (bicyclic) bond motifs is 1. The van der Waals surface area contributed by atoms with Crippen LogP contribution in [0.25, 0.3) is 28.0 Å². The lowest BCUT2D eigenvalue weighted by molar-refractivity contribution is -0.128. The molecule has 0 saturated carbocycles. The Kier molecular flexibility index (Phi) is 9.61. The summed E-state index contributed by atoms with van der Waals surface area (Å²) in [5, 5.41) is 14.4. The second kappa shape index (κ2) is 13.0. The average Bonchev–Trinajstić information content (AvgIpc) is 3.02. The van der Waals surface area contributed by atoms with Gasteiger partial charge in [-0.1, -0.05) is 78.4 Å². The van der Waals surface area contributed by atoms with Gasteiger partial charge >= 0.3 is 0 Å². The number of halogens is 5. The number of hydrogen-bond donors (Lipinski definition) is 2. The number of amides is 1. The predicted molar refractivity (Wildman–Crippen MR) is 189 cm³/mol. The number of dihydropyridines is 1. The van der Waals surface area contributed by atoms with E-state index in [9.17, 15) is 14.9 Å². The first-order chi connectivity index (χ1) is 21.7. The topological polar surface area (TPSA) is 120 Å². The van der Waals surface area contributed by atoms with Crippen molar-refractivity contribution in [2.24, 2.45) is 5.92 Å². The molecule has 5 rings (SSSR count). The minimum atomic E-state index is -0.564. The van der Waals surface area contributed by atoms with Crippen LogP contribution in [0.2, 0.25) is 25.1 Å². The summed E-state index contributed by atoms with van der Waals surface area (Å²) in [5.41, 5.74) is 7.78. The number of benzene rings is 1. The number of nitriles is 1. The van der Waals surface area contributed by atoms with Crippen molar-refractivity contribution in [2.45, 2.75) is 39.8 Å². The SMILES string of the molecule is C=CC(=O)N1CCN(c2c(C#N)c(=O)n(C3=C(C)C=CNC3C(C)C)c3nc(-c4c(Cl)c(N)c(Cl)c(Cl)c4Cl)c(Cl)cc23)C[C@H]1C. The number of nitrogens with zero attached hydrogens (tertiary/aromatic N) is 5. The zero-order chi connectivity index (χ0) is 33.8. The Bertz CT molecular complexity index is 1950. The molecule has 0 aliphatic carbocycles. The van der Waals surface area contributed by atoms with Crippen molar-refractivity contribution >= 4 is 92.0 Å². The molecule has 1 saturated heterocycles. The van der Waals surface area contributed by atoms with Crippen LogP contribution in [0, 0.1) is 17.2 Å². The van der Waals surface area contributed by atoms with Gasteiger partial charge in [-0.25, -0.2) is 4.98 Å². The first-order valence-corrected chi connectivity index (χ1v) is 16.3. The van der Waals surface area contributed by atoms with Crippen molar-refractivity contribution in [1.29, 1.82) is 5.26 Å². The summed E-state index contributed by atoms with van der Waals surface area (Å²) in [7, 11) is 0. The highest BCUT2D eigenvalue weighted by atomic mass is 35.5. The largest absolute Gasteiger partial charge is 0.396 e. The third-order valence-electron chi connectivity index (χ3n) is 8.34. The Morgan fingerprint density at radius 2 is 1.87 bits per heavy atom. The number of nitrogens with two attached hydrogens (primary N) is 1. The number of hydrogen-bond acceptors (Lipinski definition) is 7. The number of carbonyl (C=O) groups excluding carboxylic acids is 1. The van der Waals surface area contributed by atoms with E-state index < -0.39 is 5.56 Å². The van der Waals surface area contributed by atoms with Crippen LogP contribution in [-0.2, 0) is 4.79 Å². The van der Waals surface area contributed by atoms with Crippen LogP contribution >= 0.6 is 58.0 Å². The minimum Gasteiger partial charge on any atom is -0.396 e. The van der Waals surface area contributed by atoms with E-state index in [1.54, 1.807) is 11.0 Å². The number of allylic oxidation sites excluding steroid dienone is 2. The number of carbonyl (C=O) groups is 1. The van der Waals surface area contributed by atoms with Crippen LogP contribution in [0.15, 0.2) is 41.4 Å². The van der Waals surface area contributed by atoms with E-state index in [0.29, 0.717) is 36.4 Å². The number of nitrogen functional groups attached to an aromatic ring is 1. The molecule has 0 bridgehead atoms. The molecule has 2 atom stereocenters. The Morgan fingerprint density at radius 3 is 2.48 bits per heavy atom. The number of pyridine rings is 2. The quantitative estimate of drug-likeness (QED) is 0.122. The van der Waals surface area contributed by atoms with Gasteiger partial charge in [0.2, 0.25) is 5.91 Å². The highest BCUT2D eigenvalue weighted by Crippen LogP contribution is 2.49. The molecule has 1 unspecified atom stereocenters. The summed E-state index contributed by atoms with van der Waals surface area (Å²) < 4.78 is 1.46. The van der Waals surface area contributed by atoms with Gasteiger partial charge in [-0.2, -0.15) is 5.26 Å². The second-order valence-corrected chi connectivity index (χ2v) is 13.5. The fourth-order valence-electron chi connectivity index (χ4n) is 6.07. The summed E-state index contributed by atoms with van der Waals surface area (Å²) in [6.45, 7) is 12.5. The molecule has 2 aliphatic rings. The monoisotopic (exact) mass is 719 g/mol. The van der Waals surface area contributed by atoms with E-state index in [1.807, 2.05) is 44.9 Å². The number of aromatic nitrogens is 2. The van der Waals surface area contributed by atoms with Gasteiger partial charge in [0.25, 0.3) is 5.56 Å². The maximum Gasteiger partial charge on any atom is 0.276 e. The molecule has 1 aromatic carbocycles. The molecule has 0 spiro atoms. The van der Waals surface area contributed by atoms with Gasteiger partial charge in [-0.05, 0) is 49.8 Å². The highest BCUT2D eigenvalue weighted by Gasteiger charge is 2.34. The zero-order valence-electron chi connectivity index (χ0n) is 25.4. The number of nitrogens with one attached hydrogen (secondary N) is 1. The Hall–Kier alpha value is -3.39. The van der Waals surface area contributed by atoms with Crippen LogP contribution in [0.3, 0.4) is 0 Å². The van der Waals surface area contributed by atoms with Crippen molar-refractivity contribution in [3.05, 3.63) is 77.6 Å². The fourth-order valence-corrected chi connectivity index (χ4v) is 7.40. The van der Waals surface area contributed by atoms with Gasteiger partial charge < -0.3 is 20.9 Å². The summed E-state index contributed by atoms with van der Waals surface area (Å²) in [5.74, 6) is -0.152. The van der Waals surface area contributed by atoms with Crippen molar-refractivity contribution < 1.29 is 4.79 Å². The van der Waals surface area contributed by atoms with Crippen molar-refractivity contribution in [3.8, 4) is 17.3 Å². The third-order valence-corrected chi connectivity index (χ3v) is 10.4. The first-order valence-electron chi connectivity index (χ1n) is 14.4. The first kappa shape index (κ1) is 34.0. The van der Waals surface area contributed by atoms with Crippen LogP contribution in [0.4, 0.5) is 11.4 Å². The molecule has 1 amide bonds. The second-order valence-electron chi connectivity index (χ2n) is 11.5. The van der Waals surface area contributed by atoms with Gasteiger partial charge in [-0.15, -0.1) is 0 Å². The molecule has 46 heavy (non-hydrogen) atoms. The zero-order valence-corrected chi connectivity index (χ0v) is 29.2. The van der Waals surface area contributed by atoms with Gasteiger partial charge in [0, 0.05) is 36.6 Å². The van der Waals surface area contributed by atoms with Crippen LogP contribution in [-0.4, -0.2) is 52.1 Å². The smallest absolute Gasteiger partial charge is 0.276 e. The van der Waals surface area contributed by atoms with E-state index in [4.69, 9.17) is 68.7 Å². The molecular weight excluding hydrogens is 692 g/mol. The number of piperazine rings is 1. The molecular formula is C32H30Cl5N7O2. The minimum absolute atomic E-state index is 0.00883. The summed E-state index contributed by atoms with van der Waals surface area (Å²) in [4.78, 5) is 35.6. The molecule has 4 heterocycles. The van der Waals surface area contributed by atoms with Crippen molar-refractivity contribution in [3.63, 3.8) is 0 Å². The van der Waals surface area contributed by atoms with Gasteiger partial charge in [0.1, 0.15) is 17.3 Å². The number of anilines is 2. The van der Waals surface area contributed by atoms with Crippen LogP contribution in [0.1, 0.15) is 33.3 Å². The normalized spacial score (nSPS) is 18.3. The van der Waals surface area contributed by atoms with Crippen LogP contribution < -0.4 is 21.5 Å². The highest BCUT2D eigenvalue weighted by molar-refractivity contribution is 6.53. The standard InChI is InChI=1S/C32H30Cl5N7O2/c1-6-20(45)43-10-9-42(13-16(43)5)30-17-11-19(33)28(21-22(34)24(36)25(37)26(39)23(21)35)41-31(17)44(32(46)18(30)12-38)29-15(4)7-8-40-27(29)14(2)3/h6-8,11,14,16,27,40H,1,9-10,13,39H2,2-5H3/t16-,27?/m1/s1. The molecule has 240 valence electrons. The van der Waals surface area contributed by atoms with E-state index in [1.165, 1.54) is 10.6 Å². The molecule has 1 fully saturated rings. The maximum atomic E-state index is 14.6. The van der Waals surface area contributed by atoms with Crippen molar-refractivity contribution in [1.82, 2.24) is 19.8 Å². The maximum absolute atomic E-state index is 14.6. The van der Waals surface area contributed by atoms with E-state index in [2.05, 4.69) is 18.0 Å². The predicted octanol–water partition coefficient (Wildman–Crippen LogP) is 7.38.